The Hall–Kier alpha value is -4.62. The van der Waals surface area contributed by atoms with Gasteiger partial charge in [-0.05, 0) is 72.0 Å². The third kappa shape index (κ3) is 7.15. The Morgan fingerprint density at radius 3 is 2.68 bits per heavy atom. The van der Waals surface area contributed by atoms with Crippen molar-refractivity contribution < 1.29 is 42.4 Å². The molecule has 4 bridgehead atoms. The lowest BCUT2D eigenvalue weighted by Gasteiger charge is -2.27. The molecule has 0 spiro atoms. The topological polar surface area (TPSA) is 114 Å². The Morgan fingerprint density at radius 2 is 1.90 bits per heavy atom. The molecule has 10 nitrogen and oxygen atoms in total. The first-order valence-corrected chi connectivity index (χ1v) is 16.6. The molecule has 0 radical (unpaired) electrons. The van der Waals surface area contributed by atoms with Gasteiger partial charge < -0.3 is 33.4 Å². The molecule has 3 aromatic carbocycles. The summed E-state index contributed by atoms with van der Waals surface area (Å²) in [4.78, 5) is 21.6. The van der Waals surface area contributed by atoms with Crippen LogP contribution in [0.3, 0.4) is 0 Å². The summed E-state index contributed by atoms with van der Waals surface area (Å²) in [5.41, 5.74) is 4.01. The highest BCUT2D eigenvalue weighted by molar-refractivity contribution is 6.30. The van der Waals surface area contributed by atoms with Crippen molar-refractivity contribution in [3.63, 3.8) is 0 Å². The number of nitrogens with zero attached hydrogens (tertiary/aromatic N) is 3. The average molecular weight is 706 g/mol. The zero-order chi connectivity index (χ0) is 34.8. The zero-order valence-electron chi connectivity index (χ0n) is 27.2. The fraction of sp³-hybridized carbons (Fsp3) is 0.324. The molecule has 1 N–H and O–H groups in total. The Bertz CT molecular complexity index is 2070. The normalized spacial score (nSPS) is 15.9. The Kier molecular flexibility index (Phi) is 9.95. The van der Waals surface area contributed by atoms with Crippen LogP contribution in [0.1, 0.15) is 44.9 Å². The Balaban J connectivity index is 1.30. The third-order valence-corrected chi connectivity index (χ3v) is 9.12. The third-order valence-electron chi connectivity index (χ3n) is 8.90. The summed E-state index contributed by atoms with van der Waals surface area (Å²) < 4.78 is 61.8. The van der Waals surface area contributed by atoms with Gasteiger partial charge in [-0.3, -0.25) is 0 Å². The summed E-state index contributed by atoms with van der Waals surface area (Å²) in [6.45, 7) is 1.83. The highest BCUT2D eigenvalue weighted by Crippen LogP contribution is 2.33. The second kappa shape index (κ2) is 14.7. The van der Waals surface area contributed by atoms with Crippen LogP contribution in [0.15, 0.2) is 54.6 Å². The highest BCUT2D eigenvalue weighted by atomic mass is 35.5. The number of carbonyl (C=O) groups is 1. The van der Waals surface area contributed by atoms with Gasteiger partial charge in [-0.1, -0.05) is 17.7 Å². The maximum absolute atomic E-state index is 16.1. The van der Waals surface area contributed by atoms with Crippen molar-refractivity contribution in [2.75, 3.05) is 33.5 Å². The summed E-state index contributed by atoms with van der Waals surface area (Å²) in [6.07, 6.45) is 1.31. The number of hydrogen-bond donors (Lipinski definition) is 1. The van der Waals surface area contributed by atoms with Gasteiger partial charge in [-0.15, -0.1) is 0 Å². The molecule has 0 amide bonds. The molecule has 1 saturated heterocycles. The molecule has 7 rings (SSSR count). The number of halogens is 3. The van der Waals surface area contributed by atoms with E-state index in [1.807, 2.05) is 4.57 Å². The van der Waals surface area contributed by atoms with Crippen LogP contribution in [0.5, 0.6) is 11.6 Å². The lowest BCUT2D eigenvalue weighted by atomic mass is 9.98. The highest BCUT2D eigenvalue weighted by Gasteiger charge is 2.26. The van der Waals surface area contributed by atoms with Gasteiger partial charge in [-0.2, -0.15) is 0 Å². The number of aromatic carboxylic acids is 1. The second-order valence-corrected chi connectivity index (χ2v) is 12.6. The van der Waals surface area contributed by atoms with E-state index in [2.05, 4.69) is 4.98 Å². The van der Waals surface area contributed by atoms with Crippen molar-refractivity contribution in [3.05, 3.63) is 105 Å². The maximum Gasteiger partial charge on any atom is 0.335 e. The minimum absolute atomic E-state index is 0.0474. The Labute approximate surface area is 291 Å². The number of fused-ring (bicyclic) bond motifs is 7. The summed E-state index contributed by atoms with van der Waals surface area (Å²) in [5, 5.41) is 10.2. The molecule has 2 aromatic heterocycles. The van der Waals surface area contributed by atoms with Gasteiger partial charge in [0.1, 0.15) is 41.9 Å². The number of pyridine rings is 1. The molecule has 4 heterocycles. The zero-order valence-corrected chi connectivity index (χ0v) is 28.0. The van der Waals surface area contributed by atoms with Gasteiger partial charge in [0.05, 0.1) is 49.2 Å². The maximum atomic E-state index is 16.1. The molecular formula is C37H34ClF2N3O7. The molecule has 1 fully saturated rings. The van der Waals surface area contributed by atoms with Crippen molar-refractivity contribution >= 4 is 28.6 Å². The summed E-state index contributed by atoms with van der Waals surface area (Å²) in [7, 11) is 1.55. The summed E-state index contributed by atoms with van der Waals surface area (Å²) in [6, 6.07) is 14.2. The SMILES string of the molecule is COCCOc1cc(C(=O)O)cc2c1nc(Cc1cc(F)c3cc1COCCc1cc(Cl)cc(F)c1COc1cccc-3n1)n2C[C@@H]1CCO1. The number of hydrogen-bond acceptors (Lipinski definition) is 8. The summed E-state index contributed by atoms with van der Waals surface area (Å²) in [5.74, 6) is -1.00. The molecule has 2 aliphatic rings. The fourth-order valence-electron chi connectivity index (χ4n) is 6.20. The van der Waals surface area contributed by atoms with Crippen LogP contribution >= 0.6 is 11.6 Å². The molecule has 5 aromatic rings. The number of carboxylic acid groups (broad SMARTS) is 1. The fourth-order valence-corrected chi connectivity index (χ4v) is 6.43. The molecule has 13 heteroatoms. The van der Waals surface area contributed by atoms with Crippen LogP contribution < -0.4 is 9.47 Å². The average Bonchev–Trinajstić information content (AvgIpc) is 3.41. The lowest BCUT2D eigenvalue weighted by Crippen LogP contribution is -2.31. The smallest absolute Gasteiger partial charge is 0.335 e. The van der Waals surface area contributed by atoms with E-state index in [0.29, 0.717) is 76.7 Å². The molecule has 50 heavy (non-hydrogen) atoms. The van der Waals surface area contributed by atoms with Crippen LogP contribution in [-0.2, 0) is 46.8 Å². The van der Waals surface area contributed by atoms with Crippen molar-refractivity contribution in [3.8, 4) is 22.9 Å². The first-order valence-electron chi connectivity index (χ1n) is 16.2. The van der Waals surface area contributed by atoms with Gasteiger partial charge in [0.25, 0.3) is 0 Å². The van der Waals surface area contributed by atoms with E-state index in [9.17, 15) is 14.3 Å². The Morgan fingerprint density at radius 1 is 1.04 bits per heavy atom. The quantitative estimate of drug-likeness (QED) is 0.166. The van der Waals surface area contributed by atoms with E-state index >= 15 is 4.39 Å². The van der Waals surface area contributed by atoms with Crippen LogP contribution in [0, 0.1) is 11.6 Å². The molecule has 0 unspecified atom stereocenters. The van der Waals surface area contributed by atoms with E-state index in [4.69, 9.17) is 40.3 Å². The molecule has 1 atom stereocenters. The summed E-state index contributed by atoms with van der Waals surface area (Å²) >= 11 is 6.19. The van der Waals surface area contributed by atoms with Crippen molar-refractivity contribution in [1.82, 2.24) is 14.5 Å². The van der Waals surface area contributed by atoms with Gasteiger partial charge >= 0.3 is 5.97 Å². The van der Waals surface area contributed by atoms with E-state index in [-0.39, 0.29) is 61.0 Å². The van der Waals surface area contributed by atoms with Gasteiger partial charge in [0.15, 0.2) is 0 Å². The van der Waals surface area contributed by atoms with Crippen molar-refractivity contribution in [2.45, 2.75) is 45.1 Å². The predicted molar refractivity (Wildman–Crippen MR) is 180 cm³/mol. The molecular weight excluding hydrogens is 672 g/mol. The van der Waals surface area contributed by atoms with Gasteiger partial charge in [-0.25, -0.2) is 23.5 Å². The molecule has 0 aliphatic carbocycles. The number of ether oxygens (including phenoxy) is 5. The predicted octanol–water partition coefficient (Wildman–Crippen LogP) is 6.78. The molecule has 0 saturated carbocycles. The number of carboxylic acids is 1. The number of aromatic nitrogens is 3. The van der Waals surface area contributed by atoms with Gasteiger partial charge in [0.2, 0.25) is 5.88 Å². The van der Waals surface area contributed by atoms with Crippen LogP contribution in [0.2, 0.25) is 5.02 Å². The second-order valence-electron chi connectivity index (χ2n) is 12.2. The molecule has 260 valence electrons. The standard InChI is InChI=1S/C37H34ClF2N3O7/c1-46-9-10-49-33-15-23(37(44)45)14-32-36(33)42-34(43(32)18-26-6-8-48-26)16-22-13-29(39)27-12-24(22)19-47-7-5-21-11-25(38)17-30(40)28(21)20-50-35-4-2-3-31(27)41-35/h2-4,11-15,17,26H,5-10,16,18-20H2,1H3,(H,44,45)/t26-/m0/s1. The van der Waals surface area contributed by atoms with Crippen LogP contribution in [0.4, 0.5) is 8.78 Å². The monoisotopic (exact) mass is 705 g/mol. The number of imidazole rings is 1. The van der Waals surface area contributed by atoms with Gasteiger partial charge in [0, 0.05) is 42.4 Å². The van der Waals surface area contributed by atoms with E-state index < -0.39 is 17.6 Å². The largest absolute Gasteiger partial charge is 0.489 e. The van der Waals surface area contributed by atoms with Crippen molar-refractivity contribution in [1.29, 1.82) is 0 Å². The number of rotatable bonds is 9. The first kappa shape index (κ1) is 33.9. The lowest BCUT2D eigenvalue weighted by molar-refractivity contribution is -0.0589. The van der Waals surface area contributed by atoms with Crippen LogP contribution in [0.25, 0.3) is 22.3 Å². The minimum Gasteiger partial charge on any atom is -0.489 e. The number of methoxy groups -OCH3 is 1. The van der Waals surface area contributed by atoms with E-state index in [1.54, 1.807) is 43.5 Å². The van der Waals surface area contributed by atoms with Crippen LogP contribution in [-0.4, -0.2) is 65.3 Å². The molecule has 2 aliphatic heterocycles. The number of benzene rings is 3. The first-order chi connectivity index (χ1) is 24.3. The van der Waals surface area contributed by atoms with E-state index in [1.165, 1.54) is 18.2 Å². The van der Waals surface area contributed by atoms with E-state index in [0.717, 1.165) is 6.42 Å². The van der Waals surface area contributed by atoms with Crippen molar-refractivity contribution in [2.24, 2.45) is 0 Å². The minimum atomic E-state index is -1.11.